The minimum absolute atomic E-state index is 0.296. The van der Waals surface area contributed by atoms with Crippen LogP contribution in [0.3, 0.4) is 0 Å². The molecule has 0 spiro atoms. The first-order chi connectivity index (χ1) is 6.88. The lowest BCUT2D eigenvalue weighted by atomic mass is 10.0. The molecule has 0 aromatic carbocycles. The van der Waals surface area contributed by atoms with E-state index in [0.29, 0.717) is 6.42 Å². The van der Waals surface area contributed by atoms with Crippen LogP contribution in [0.15, 0.2) is 0 Å². The maximum Gasteiger partial charge on any atom is 0.313 e. The van der Waals surface area contributed by atoms with Gasteiger partial charge < -0.3 is 9.84 Å². The van der Waals surface area contributed by atoms with E-state index in [1.165, 1.54) is 13.8 Å². The summed E-state index contributed by atoms with van der Waals surface area (Å²) in [6.45, 7) is 4.49. The fourth-order valence-electron chi connectivity index (χ4n) is 1.24. The van der Waals surface area contributed by atoms with Crippen LogP contribution in [-0.4, -0.2) is 28.9 Å². The predicted octanol–water partition coefficient (Wildman–Crippen LogP) is 1.01. The summed E-state index contributed by atoms with van der Waals surface area (Å²) in [4.78, 5) is 32.4. The number of hydrogen-bond donors (Lipinski definition) is 1. The van der Waals surface area contributed by atoms with Gasteiger partial charge in [0.15, 0.2) is 0 Å². The molecule has 0 aromatic rings. The van der Waals surface area contributed by atoms with E-state index >= 15 is 0 Å². The van der Waals surface area contributed by atoms with Gasteiger partial charge in [-0.3, -0.25) is 14.4 Å². The quantitative estimate of drug-likeness (QED) is 0.529. The Hall–Kier alpha value is -1.39. The summed E-state index contributed by atoms with van der Waals surface area (Å²) in [5.74, 6) is -2.69. The van der Waals surface area contributed by atoms with Crippen molar-refractivity contribution in [2.24, 2.45) is 5.92 Å². The van der Waals surface area contributed by atoms with Gasteiger partial charge >= 0.3 is 11.9 Å². The van der Waals surface area contributed by atoms with Crippen molar-refractivity contribution in [3.05, 3.63) is 0 Å². The number of carboxylic acid groups (broad SMARTS) is 1. The molecule has 0 rings (SSSR count). The topological polar surface area (TPSA) is 80.7 Å². The van der Waals surface area contributed by atoms with Gasteiger partial charge in [0.2, 0.25) is 0 Å². The second kappa shape index (κ2) is 6.16. The van der Waals surface area contributed by atoms with Crippen LogP contribution in [0.4, 0.5) is 0 Å². The number of Topliss-reactive ketones (excluding diaryl/α,β-unsaturated/α-hetero) is 1. The number of carboxylic acids is 1. The third-order valence-electron chi connectivity index (χ3n) is 2.03. The molecule has 0 aliphatic rings. The smallest absolute Gasteiger partial charge is 0.313 e. The van der Waals surface area contributed by atoms with E-state index < -0.39 is 24.0 Å². The second-order valence-corrected chi connectivity index (χ2v) is 3.43. The third kappa shape index (κ3) is 5.15. The SMILES string of the molecule is CCC(C(=O)O)[C@H](C)OC(=O)CC(C)=O. The summed E-state index contributed by atoms with van der Waals surface area (Å²) in [5, 5.41) is 8.78. The molecule has 0 saturated carbocycles. The van der Waals surface area contributed by atoms with Crippen molar-refractivity contribution in [2.45, 2.75) is 39.7 Å². The molecular formula is C10H16O5. The van der Waals surface area contributed by atoms with Crippen LogP contribution in [0.5, 0.6) is 0 Å². The molecule has 0 fully saturated rings. The molecule has 5 nitrogen and oxygen atoms in total. The number of esters is 1. The lowest BCUT2D eigenvalue weighted by Gasteiger charge is -2.18. The van der Waals surface area contributed by atoms with Crippen molar-refractivity contribution in [2.75, 3.05) is 0 Å². The Morgan fingerprint density at radius 1 is 1.33 bits per heavy atom. The molecule has 2 atom stereocenters. The minimum Gasteiger partial charge on any atom is -0.481 e. The largest absolute Gasteiger partial charge is 0.481 e. The van der Waals surface area contributed by atoms with Gasteiger partial charge in [-0.25, -0.2) is 0 Å². The average molecular weight is 216 g/mol. The Morgan fingerprint density at radius 2 is 1.87 bits per heavy atom. The molecule has 1 unspecified atom stereocenters. The van der Waals surface area contributed by atoms with E-state index in [1.54, 1.807) is 6.92 Å². The maximum absolute atomic E-state index is 11.1. The number of carbonyl (C=O) groups is 3. The van der Waals surface area contributed by atoms with Gasteiger partial charge in [-0.2, -0.15) is 0 Å². The number of aliphatic carboxylic acids is 1. The van der Waals surface area contributed by atoms with Gasteiger partial charge in [-0.05, 0) is 20.3 Å². The van der Waals surface area contributed by atoms with Crippen LogP contribution >= 0.6 is 0 Å². The summed E-state index contributed by atoms with van der Waals surface area (Å²) < 4.78 is 4.83. The summed E-state index contributed by atoms with van der Waals surface area (Å²) in [6.07, 6.45) is -0.635. The zero-order valence-corrected chi connectivity index (χ0v) is 9.15. The first-order valence-electron chi connectivity index (χ1n) is 4.80. The normalized spacial score (nSPS) is 14.1. The van der Waals surface area contributed by atoms with E-state index in [-0.39, 0.29) is 12.2 Å². The summed E-state index contributed by atoms with van der Waals surface area (Å²) in [6, 6.07) is 0. The fourth-order valence-corrected chi connectivity index (χ4v) is 1.24. The minimum atomic E-state index is -0.999. The zero-order valence-electron chi connectivity index (χ0n) is 9.15. The highest BCUT2D eigenvalue weighted by atomic mass is 16.5. The molecule has 5 heteroatoms. The highest BCUT2D eigenvalue weighted by Gasteiger charge is 2.26. The van der Waals surface area contributed by atoms with Gasteiger partial charge in [0.1, 0.15) is 18.3 Å². The van der Waals surface area contributed by atoms with Crippen LogP contribution in [0, 0.1) is 5.92 Å². The number of ether oxygens (including phenoxy) is 1. The summed E-state index contributed by atoms with van der Waals surface area (Å²) >= 11 is 0. The summed E-state index contributed by atoms with van der Waals surface area (Å²) in [7, 11) is 0. The van der Waals surface area contributed by atoms with E-state index in [1.807, 2.05) is 0 Å². The van der Waals surface area contributed by atoms with Crippen molar-refractivity contribution in [3.8, 4) is 0 Å². The monoisotopic (exact) mass is 216 g/mol. The van der Waals surface area contributed by atoms with Gasteiger partial charge in [-0.15, -0.1) is 0 Å². The molecule has 0 bridgehead atoms. The second-order valence-electron chi connectivity index (χ2n) is 3.43. The van der Waals surface area contributed by atoms with Gasteiger partial charge in [0.25, 0.3) is 0 Å². The van der Waals surface area contributed by atoms with Gasteiger partial charge in [0, 0.05) is 0 Å². The molecule has 0 aliphatic carbocycles. The highest BCUT2D eigenvalue weighted by molar-refractivity contribution is 5.94. The molecular weight excluding hydrogens is 200 g/mol. The molecule has 0 heterocycles. The van der Waals surface area contributed by atoms with E-state index in [9.17, 15) is 14.4 Å². The first kappa shape index (κ1) is 13.6. The van der Waals surface area contributed by atoms with Crippen LogP contribution < -0.4 is 0 Å². The first-order valence-corrected chi connectivity index (χ1v) is 4.80. The van der Waals surface area contributed by atoms with E-state index in [0.717, 1.165) is 0 Å². The molecule has 0 amide bonds. The van der Waals surface area contributed by atoms with Crippen LogP contribution in [-0.2, 0) is 19.1 Å². The third-order valence-corrected chi connectivity index (χ3v) is 2.03. The Bertz CT molecular complexity index is 259. The molecule has 1 N–H and O–H groups in total. The van der Waals surface area contributed by atoms with Gasteiger partial charge in [0.05, 0.1) is 5.92 Å². The Kier molecular flexibility index (Phi) is 5.59. The van der Waals surface area contributed by atoms with E-state index in [2.05, 4.69) is 0 Å². The zero-order chi connectivity index (χ0) is 12.0. The lowest BCUT2D eigenvalue weighted by molar-refractivity contribution is -0.158. The fraction of sp³-hybridized carbons (Fsp3) is 0.700. The van der Waals surface area contributed by atoms with Crippen molar-refractivity contribution in [3.63, 3.8) is 0 Å². The van der Waals surface area contributed by atoms with Crippen LogP contribution in [0.2, 0.25) is 0 Å². The molecule has 86 valence electrons. The van der Waals surface area contributed by atoms with Crippen molar-refractivity contribution < 1.29 is 24.2 Å². The Balaban J connectivity index is 4.21. The molecule has 0 aromatic heterocycles. The standard InChI is InChI=1S/C10H16O5/c1-4-8(10(13)14)7(3)15-9(12)5-6(2)11/h7-8H,4-5H2,1-3H3,(H,13,14)/t7-,8?/m0/s1. The maximum atomic E-state index is 11.1. The number of ketones is 1. The predicted molar refractivity (Wildman–Crippen MR) is 52.3 cm³/mol. The van der Waals surface area contributed by atoms with Gasteiger partial charge in [-0.1, -0.05) is 6.92 Å². The van der Waals surface area contributed by atoms with Crippen LogP contribution in [0.25, 0.3) is 0 Å². The molecule has 0 aliphatic heterocycles. The lowest BCUT2D eigenvalue weighted by Crippen LogP contribution is -2.30. The van der Waals surface area contributed by atoms with Crippen molar-refractivity contribution >= 4 is 17.7 Å². The number of rotatable bonds is 6. The number of hydrogen-bond acceptors (Lipinski definition) is 4. The highest BCUT2D eigenvalue weighted by Crippen LogP contribution is 2.13. The van der Waals surface area contributed by atoms with Crippen molar-refractivity contribution in [1.82, 2.24) is 0 Å². The number of carbonyl (C=O) groups excluding carboxylic acids is 2. The molecule has 15 heavy (non-hydrogen) atoms. The Labute approximate surface area is 88.4 Å². The molecule has 0 radical (unpaired) electrons. The van der Waals surface area contributed by atoms with Crippen molar-refractivity contribution in [1.29, 1.82) is 0 Å². The Morgan fingerprint density at radius 3 is 2.20 bits per heavy atom. The van der Waals surface area contributed by atoms with E-state index in [4.69, 9.17) is 9.84 Å². The average Bonchev–Trinajstić information content (AvgIpc) is 2.01. The summed E-state index contributed by atoms with van der Waals surface area (Å²) in [5.41, 5.74) is 0. The van der Waals surface area contributed by atoms with Crippen LogP contribution in [0.1, 0.15) is 33.6 Å². The molecule has 0 saturated heterocycles.